The summed E-state index contributed by atoms with van der Waals surface area (Å²) in [6, 6.07) is 9.69. The van der Waals surface area contributed by atoms with Crippen LogP contribution in [0.2, 0.25) is 5.02 Å². The Bertz CT molecular complexity index is 570. The Morgan fingerprint density at radius 2 is 2.00 bits per heavy atom. The zero-order valence-electron chi connectivity index (χ0n) is 12.5. The topological polar surface area (TPSA) is 34.2 Å². The van der Waals surface area contributed by atoms with E-state index in [1.54, 1.807) is 0 Å². The number of nitrogens with zero attached hydrogens (tertiary/aromatic N) is 1. The van der Waals surface area contributed by atoms with Crippen LogP contribution < -0.4 is 10.1 Å². The van der Waals surface area contributed by atoms with E-state index in [-0.39, 0.29) is 0 Å². The van der Waals surface area contributed by atoms with E-state index in [4.69, 9.17) is 16.3 Å². The highest BCUT2D eigenvalue weighted by Gasteiger charge is 2.05. The Kier molecular flexibility index (Phi) is 6.03. The van der Waals surface area contributed by atoms with Gasteiger partial charge in [0.2, 0.25) is 0 Å². The molecule has 112 valence electrons. The molecule has 4 heteroatoms. The van der Waals surface area contributed by atoms with Gasteiger partial charge in [-0.15, -0.1) is 0 Å². The van der Waals surface area contributed by atoms with Crippen molar-refractivity contribution >= 4 is 11.6 Å². The molecule has 0 unspecified atom stereocenters. The van der Waals surface area contributed by atoms with Crippen molar-refractivity contribution in [3.05, 3.63) is 58.4 Å². The Labute approximate surface area is 131 Å². The van der Waals surface area contributed by atoms with Gasteiger partial charge in [-0.3, -0.25) is 4.98 Å². The summed E-state index contributed by atoms with van der Waals surface area (Å²) in [7, 11) is 0. The Morgan fingerprint density at radius 3 is 2.71 bits per heavy atom. The SMILES string of the molecule is CCCNCc1cnc(C)cc1OCc1ccc(Cl)cc1. The van der Waals surface area contributed by atoms with Crippen LogP contribution in [0.5, 0.6) is 5.75 Å². The van der Waals surface area contributed by atoms with Crippen molar-refractivity contribution in [1.82, 2.24) is 10.3 Å². The number of nitrogens with one attached hydrogen (secondary N) is 1. The number of hydrogen-bond acceptors (Lipinski definition) is 3. The maximum absolute atomic E-state index is 5.95. The number of benzene rings is 1. The molecule has 0 atom stereocenters. The number of halogens is 1. The zero-order valence-corrected chi connectivity index (χ0v) is 13.3. The molecule has 0 radical (unpaired) electrons. The van der Waals surface area contributed by atoms with Crippen molar-refractivity contribution in [3.8, 4) is 5.75 Å². The van der Waals surface area contributed by atoms with Gasteiger partial charge >= 0.3 is 0 Å². The summed E-state index contributed by atoms with van der Waals surface area (Å²) in [6.07, 6.45) is 3.00. The summed E-state index contributed by atoms with van der Waals surface area (Å²) < 4.78 is 5.95. The predicted molar refractivity (Wildman–Crippen MR) is 86.8 cm³/mol. The van der Waals surface area contributed by atoms with Crippen molar-refractivity contribution in [2.24, 2.45) is 0 Å². The van der Waals surface area contributed by atoms with Crippen LogP contribution in [-0.2, 0) is 13.2 Å². The molecule has 2 rings (SSSR count). The fourth-order valence-electron chi connectivity index (χ4n) is 1.97. The molecule has 0 bridgehead atoms. The minimum Gasteiger partial charge on any atom is -0.488 e. The first-order valence-electron chi connectivity index (χ1n) is 7.22. The summed E-state index contributed by atoms with van der Waals surface area (Å²) in [4.78, 5) is 4.35. The molecule has 0 aliphatic heterocycles. The number of rotatable bonds is 7. The number of pyridine rings is 1. The molecule has 3 nitrogen and oxygen atoms in total. The van der Waals surface area contributed by atoms with Crippen LogP contribution in [-0.4, -0.2) is 11.5 Å². The smallest absolute Gasteiger partial charge is 0.127 e. The van der Waals surface area contributed by atoms with E-state index in [2.05, 4.69) is 17.2 Å². The summed E-state index contributed by atoms with van der Waals surface area (Å²) in [6.45, 7) is 6.42. The van der Waals surface area contributed by atoms with Crippen molar-refractivity contribution in [2.75, 3.05) is 6.54 Å². The van der Waals surface area contributed by atoms with Crippen LogP contribution in [0.25, 0.3) is 0 Å². The Balaban J connectivity index is 2.03. The third-order valence-corrected chi connectivity index (χ3v) is 3.38. The van der Waals surface area contributed by atoms with Crippen LogP contribution >= 0.6 is 11.6 Å². The summed E-state index contributed by atoms with van der Waals surface area (Å²) in [5, 5.41) is 4.12. The number of aryl methyl sites for hydroxylation is 1. The van der Waals surface area contributed by atoms with Crippen molar-refractivity contribution in [2.45, 2.75) is 33.4 Å². The highest BCUT2D eigenvalue weighted by atomic mass is 35.5. The average Bonchev–Trinajstić information content (AvgIpc) is 2.49. The lowest BCUT2D eigenvalue weighted by Crippen LogP contribution is -2.15. The molecule has 21 heavy (non-hydrogen) atoms. The van der Waals surface area contributed by atoms with Crippen LogP contribution in [0.4, 0.5) is 0 Å². The fraction of sp³-hybridized carbons (Fsp3) is 0.353. The first kappa shape index (κ1) is 15.8. The minimum absolute atomic E-state index is 0.529. The largest absolute Gasteiger partial charge is 0.488 e. The molecule has 1 aromatic heterocycles. The number of hydrogen-bond donors (Lipinski definition) is 1. The molecular formula is C17H21ClN2O. The van der Waals surface area contributed by atoms with E-state index in [0.717, 1.165) is 47.1 Å². The molecule has 0 saturated heterocycles. The second-order valence-electron chi connectivity index (χ2n) is 5.03. The molecule has 0 amide bonds. The second kappa shape index (κ2) is 8.01. The first-order valence-corrected chi connectivity index (χ1v) is 7.60. The molecule has 1 N–H and O–H groups in total. The maximum atomic E-state index is 5.95. The summed E-state index contributed by atoms with van der Waals surface area (Å²) in [5.74, 6) is 0.890. The van der Waals surface area contributed by atoms with Gasteiger partial charge in [0.25, 0.3) is 0 Å². The lowest BCUT2D eigenvalue weighted by atomic mass is 10.2. The molecule has 1 aromatic carbocycles. The van der Waals surface area contributed by atoms with Gasteiger partial charge in [0, 0.05) is 35.1 Å². The quantitative estimate of drug-likeness (QED) is 0.781. The van der Waals surface area contributed by atoms with Gasteiger partial charge in [0.05, 0.1) is 0 Å². The minimum atomic E-state index is 0.529. The number of ether oxygens (including phenoxy) is 1. The highest BCUT2D eigenvalue weighted by molar-refractivity contribution is 6.30. The van der Waals surface area contributed by atoms with Gasteiger partial charge in [-0.2, -0.15) is 0 Å². The van der Waals surface area contributed by atoms with E-state index in [1.807, 2.05) is 43.5 Å². The lowest BCUT2D eigenvalue weighted by Gasteiger charge is -2.12. The van der Waals surface area contributed by atoms with Crippen molar-refractivity contribution < 1.29 is 4.74 Å². The van der Waals surface area contributed by atoms with E-state index in [9.17, 15) is 0 Å². The summed E-state index contributed by atoms with van der Waals surface area (Å²) >= 11 is 5.89. The standard InChI is InChI=1S/C17H21ClN2O/c1-3-8-19-10-15-11-20-13(2)9-17(15)21-12-14-4-6-16(18)7-5-14/h4-7,9,11,19H,3,8,10,12H2,1-2H3. The molecule has 0 saturated carbocycles. The van der Waals surface area contributed by atoms with Gasteiger partial charge in [-0.1, -0.05) is 30.7 Å². The van der Waals surface area contributed by atoms with Gasteiger partial charge < -0.3 is 10.1 Å². The van der Waals surface area contributed by atoms with Gasteiger partial charge in [0.1, 0.15) is 12.4 Å². The Hall–Kier alpha value is -1.58. The third-order valence-electron chi connectivity index (χ3n) is 3.13. The van der Waals surface area contributed by atoms with E-state index in [0.29, 0.717) is 6.61 Å². The van der Waals surface area contributed by atoms with E-state index < -0.39 is 0 Å². The highest BCUT2D eigenvalue weighted by Crippen LogP contribution is 2.20. The lowest BCUT2D eigenvalue weighted by molar-refractivity contribution is 0.301. The fourth-order valence-corrected chi connectivity index (χ4v) is 2.10. The van der Waals surface area contributed by atoms with Crippen LogP contribution in [0.3, 0.4) is 0 Å². The van der Waals surface area contributed by atoms with Crippen molar-refractivity contribution in [1.29, 1.82) is 0 Å². The van der Waals surface area contributed by atoms with Crippen molar-refractivity contribution in [3.63, 3.8) is 0 Å². The molecule has 2 aromatic rings. The van der Waals surface area contributed by atoms with Gasteiger partial charge in [0.15, 0.2) is 0 Å². The van der Waals surface area contributed by atoms with E-state index in [1.165, 1.54) is 0 Å². The van der Waals surface area contributed by atoms with E-state index >= 15 is 0 Å². The van der Waals surface area contributed by atoms with Gasteiger partial charge in [-0.25, -0.2) is 0 Å². The van der Waals surface area contributed by atoms with Gasteiger partial charge in [-0.05, 0) is 37.6 Å². The maximum Gasteiger partial charge on any atom is 0.127 e. The average molecular weight is 305 g/mol. The van der Waals surface area contributed by atoms with Crippen LogP contribution in [0.15, 0.2) is 36.5 Å². The molecule has 0 spiro atoms. The Morgan fingerprint density at radius 1 is 1.24 bits per heavy atom. The molecule has 1 heterocycles. The predicted octanol–water partition coefficient (Wildman–Crippen LogP) is 4.12. The first-order chi connectivity index (χ1) is 10.2. The van der Waals surface area contributed by atoms with Crippen LogP contribution in [0.1, 0.15) is 30.2 Å². The third kappa shape index (κ3) is 5.03. The normalized spacial score (nSPS) is 10.6. The summed E-state index contributed by atoms with van der Waals surface area (Å²) in [5.41, 5.74) is 3.14. The number of aromatic nitrogens is 1. The zero-order chi connectivity index (χ0) is 15.1. The molecule has 0 aliphatic rings. The molecule has 0 aliphatic carbocycles. The molecular weight excluding hydrogens is 284 g/mol. The van der Waals surface area contributed by atoms with Crippen LogP contribution in [0, 0.1) is 6.92 Å². The second-order valence-corrected chi connectivity index (χ2v) is 5.46. The monoisotopic (exact) mass is 304 g/mol. The molecule has 0 fully saturated rings.